The number of furan rings is 1. The van der Waals surface area contributed by atoms with Gasteiger partial charge >= 0.3 is 0 Å². The molecule has 0 radical (unpaired) electrons. The van der Waals surface area contributed by atoms with Gasteiger partial charge in [-0.3, -0.25) is 4.79 Å². The van der Waals surface area contributed by atoms with Crippen LogP contribution in [0.1, 0.15) is 26.5 Å². The van der Waals surface area contributed by atoms with Crippen LogP contribution in [0.3, 0.4) is 0 Å². The first-order valence-corrected chi connectivity index (χ1v) is 5.89. The Balaban J connectivity index is 2.20. The normalized spacial score (nSPS) is 11.4. The van der Waals surface area contributed by atoms with E-state index in [1.807, 2.05) is 12.1 Å². The Morgan fingerprint density at radius 1 is 1.53 bits per heavy atom. The van der Waals surface area contributed by atoms with Crippen LogP contribution in [-0.2, 0) is 11.3 Å². The van der Waals surface area contributed by atoms with Crippen LogP contribution in [-0.4, -0.2) is 16.4 Å². The lowest BCUT2D eigenvalue weighted by atomic mass is 10.3. The van der Waals surface area contributed by atoms with Gasteiger partial charge in [-0.2, -0.15) is 0 Å². The van der Waals surface area contributed by atoms with Crippen LogP contribution in [0.25, 0.3) is 0 Å². The molecule has 1 aromatic rings. The lowest BCUT2D eigenvalue weighted by molar-refractivity contribution is -0.118. The predicted molar refractivity (Wildman–Crippen MR) is 62.8 cm³/mol. The number of rotatable bonds is 4. The van der Waals surface area contributed by atoms with Gasteiger partial charge in [0, 0.05) is 4.75 Å². The van der Waals surface area contributed by atoms with Crippen molar-refractivity contribution in [1.29, 1.82) is 0 Å². The van der Waals surface area contributed by atoms with Crippen LogP contribution in [0.15, 0.2) is 22.8 Å². The van der Waals surface area contributed by atoms with Gasteiger partial charge in [0.05, 0.1) is 18.6 Å². The van der Waals surface area contributed by atoms with E-state index in [4.69, 9.17) is 4.42 Å². The molecule has 3 nitrogen and oxygen atoms in total. The quantitative estimate of drug-likeness (QED) is 0.859. The van der Waals surface area contributed by atoms with Crippen molar-refractivity contribution in [2.75, 3.05) is 5.75 Å². The highest BCUT2D eigenvalue weighted by molar-refractivity contribution is 8.01. The summed E-state index contributed by atoms with van der Waals surface area (Å²) in [5.74, 6) is 1.32. The summed E-state index contributed by atoms with van der Waals surface area (Å²) in [6.45, 7) is 6.75. The van der Waals surface area contributed by atoms with Crippen LogP contribution in [0.5, 0.6) is 0 Å². The fraction of sp³-hybridized carbons (Fsp3) is 0.545. The van der Waals surface area contributed by atoms with Crippen molar-refractivity contribution in [3.05, 3.63) is 24.2 Å². The Hall–Kier alpha value is -0.900. The smallest absolute Gasteiger partial charge is 0.230 e. The van der Waals surface area contributed by atoms with Gasteiger partial charge in [-0.05, 0) is 12.1 Å². The van der Waals surface area contributed by atoms with E-state index in [9.17, 15) is 4.79 Å². The van der Waals surface area contributed by atoms with Gasteiger partial charge in [-0.25, -0.2) is 0 Å². The SMILES string of the molecule is CC(C)(C)SCC(=O)NCc1ccco1. The summed E-state index contributed by atoms with van der Waals surface area (Å²) < 4.78 is 5.23. The molecule has 1 amide bonds. The second kappa shape index (κ2) is 5.26. The minimum absolute atomic E-state index is 0.0475. The molecule has 84 valence electrons. The summed E-state index contributed by atoms with van der Waals surface area (Å²) in [6.07, 6.45) is 1.60. The number of nitrogens with one attached hydrogen (secondary N) is 1. The Kier molecular flexibility index (Phi) is 4.27. The molecule has 0 aromatic carbocycles. The van der Waals surface area contributed by atoms with Crippen molar-refractivity contribution in [1.82, 2.24) is 5.32 Å². The van der Waals surface area contributed by atoms with Crippen molar-refractivity contribution in [2.24, 2.45) is 0 Å². The van der Waals surface area contributed by atoms with E-state index >= 15 is 0 Å². The summed E-state index contributed by atoms with van der Waals surface area (Å²) in [5.41, 5.74) is 0. The first kappa shape index (κ1) is 12.2. The lowest BCUT2D eigenvalue weighted by Gasteiger charge is -2.16. The molecule has 4 heteroatoms. The highest BCUT2D eigenvalue weighted by Crippen LogP contribution is 2.22. The topological polar surface area (TPSA) is 42.2 Å². The number of thioether (sulfide) groups is 1. The molecule has 0 fully saturated rings. The molecule has 0 aliphatic carbocycles. The van der Waals surface area contributed by atoms with Crippen LogP contribution in [0.2, 0.25) is 0 Å². The molecule has 0 aliphatic rings. The molecule has 1 N–H and O–H groups in total. The molecule has 15 heavy (non-hydrogen) atoms. The minimum atomic E-state index is 0.0475. The maximum atomic E-state index is 11.4. The van der Waals surface area contributed by atoms with Crippen LogP contribution >= 0.6 is 11.8 Å². The molecule has 1 heterocycles. The van der Waals surface area contributed by atoms with Gasteiger partial charge < -0.3 is 9.73 Å². The summed E-state index contributed by atoms with van der Waals surface area (Å²) in [4.78, 5) is 11.4. The van der Waals surface area contributed by atoms with Crippen LogP contribution in [0, 0.1) is 0 Å². The molecular formula is C11H17NO2S. The second-order valence-corrected chi connectivity index (χ2v) is 6.06. The van der Waals surface area contributed by atoms with Crippen molar-refractivity contribution < 1.29 is 9.21 Å². The number of amides is 1. The summed E-state index contributed by atoms with van der Waals surface area (Å²) >= 11 is 1.64. The number of hydrogen-bond donors (Lipinski definition) is 1. The number of carbonyl (C=O) groups excluding carboxylic acids is 1. The molecule has 0 bridgehead atoms. The summed E-state index contributed by atoms with van der Waals surface area (Å²) in [6, 6.07) is 3.66. The third kappa shape index (κ3) is 5.52. The highest BCUT2D eigenvalue weighted by atomic mass is 32.2. The fourth-order valence-corrected chi connectivity index (χ4v) is 1.60. The van der Waals surface area contributed by atoms with Crippen molar-refractivity contribution in [3.63, 3.8) is 0 Å². The molecule has 1 aromatic heterocycles. The molecule has 0 unspecified atom stereocenters. The Labute approximate surface area is 94.6 Å². The third-order valence-corrected chi connectivity index (χ3v) is 2.95. The molecule has 0 atom stereocenters. The van der Waals surface area contributed by atoms with E-state index in [-0.39, 0.29) is 10.7 Å². The van der Waals surface area contributed by atoms with Gasteiger partial charge in [0.2, 0.25) is 5.91 Å². The maximum Gasteiger partial charge on any atom is 0.230 e. The van der Waals surface area contributed by atoms with Gasteiger partial charge in [0.25, 0.3) is 0 Å². The average Bonchev–Trinajstić information content (AvgIpc) is 2.62. The zero-order chi connectivity index (χ0) is 11.3. The largest absolute Gasteiger partial charge is 0.467 e. The molecule has 0 aliphatic heterocycles. The highest BCUT2D eigenvalue weighted by Gasteiger charge is 2.13. The molecular weight excluding hydrogens is 210 g/mol. The Morgan fingerprint density at radius 3 is 2.80 bits per heavy atom. The van der Waals surface area contributed by atoms with E-state index in [0.717, 1.165) is 5.76 Å². The van der Waals surface area contributed by atoms with Gasteiger partial charge in [0.1, 0.15) is 5.76 Å². The number of carbonyl (C=O) groups is 1. The zero-order valence-corrected chi connectivity index (χ0v) is 10.2. The minimum Gasteiger partial charge on any atom is -0.467 e. The first-order valence-electron chi connectivity index (χ1n) is 4.90. The van der Waals surface area contributed by atoms with E-state index in [1.165, 1.54) is 0 Å². The standard InChI is InChI=1S/C11H17NO2S/c1-11(2,3)15-8-10(13)12-7-9-5-4-6-14-9/h4-6H,7-8H2,1-3H3,(H,12,13). The Morgan fingerprint density at radius 2 is 2.27 bits per heavy atom. The monoisotopic (exact) mass is 227 g/mol. The van der Waals surface area contributed by atoms with Gasteiger partial charge in [0.15, 0.2) is 0 Å². The maximum absolute atomic E-state index is 11.4. The lowest BCUT2D eigenvalue weighted by Crippen LogP contribution is -2.26. The van der Waals surface area contributed by atoms with E-state index in [1.54, 1.807) is 18.0 Å². The average molecular weight is 227 g/mol. The fourth-order valence-electron chi connectivity index (χ4n) is 0.932. The summed E-state index contributed by atoms with van der Waals surface area (Å²) in [5, 5.41) is 2.80. The van der Waals surface area contributed by atoms with E-state index < -0.39 is 0 Å². The molecule has 0 saturated heterocycles. The van der Waals surface area contributed by atoms with Crippen molar-refractivity contribution in [2.45, 2.75) is 32.1 Å². The van der Waals surface area contributed by atoms with E-state index in [0.29, 0.717) is 12.3 Å². The summed E-state index contributed by atoms with van der Waals surface area (Å²) in [7, 11) is 0. The van der Waals surface area contributed by atoms with Crippen molar-refractivity contribution >= 4 is 17.7 Å². The predicted octanol–water partition coefficient (Wildman–Crippen LogP) is 2.43. The molecule has 0 spiro atoms. The number of hydrogen-bond acceptors (Lipinski definition) is 3. The van der Waals surface area contributed by atoms with E-state index in [2.05, 4.69) is 26.1 Å². The van der Waals surface area contributed by atoms with Crippen LogP contribution < -0.4 is 5.32 Å². The third-order valence-electron chi connectivity index (χ3n) is 1.68. The van der Waals surface area contributed by atoms with Crippen LogP contribution in [0.4, 0.5) is 0 Å². The molecule has 0 saturated carbocycles. The second-order valence-electron chi connectivity index (χ2n) is 4.26. The Bertz CT molecular complexity index is 301. The zero-order valence-electron chi connectivity index (χ0n) is 9.37. The molecule has 1 rings (SSSR count). The van der Waals surface area contributed by atoms with Gasteiger partial charge in [-0.15, -0.1) is 11.8 Å². The van der Waals surface area contributed by atoms with Gasteiger partial charge in [-0.1, -0.05) is 20.8 Å². The first-order chi connectivity index (χ1) is 6.97. The van der Waals surface area contributed by atoms with Crippen molar-refractivity contribution in [3.8, 4) is 0 Å².